The van der Waals surface area contributed by atoms with Gasteiger partial charge >= 0.3 is 0 Å². The fourth-order valence-corrected chi connectivity index (χ4v) is 4.43. The number of methoxy groups -OCH3 is 2. The monoisotopic (exact) mass is 290 g/mol. The molecule has 1 N–H and O–H groups in total. The Kier molecular flexibility index (Phi) is 4.12. The lowest BCUT2D eigenvalue weighted by atomic mass is 9.83. The van der Waals surface area contributed by atoms with E-state index >= 15 is 0 Å². The molecule has 116 valence electrons. The van der Waals surface area contributed by atoms with Crippen molar-refractivity contribution in [1.29, 1.82) is 0 Å². The van der Waals surface area contributed by atoms with Crippen molar-refractivity contribution >= 4 is 0 Å². The molecule has 2 fully saturated rings. The Morgan fingerprint density at radius 2 is 1.86 bits per heavy atom. The lowest BCUT2D eigenvalue weighted by Gasteiger charge is -2.25. The Labute approximate surface area is 127 Å². The van der Waals surface area contributed by atoms with Gasteiger partial charge in [-0.25, -0.2) is 0 Å². The molecule has 0 amide bonds. The van der Waals surface area contributed by atoms with E-state index in [1.165, 1.54) is 25.7 Å². The van der Waals surface area contributed by atoms with Crippen LogP contribution in [0.3, 0.4) is 0 Å². The van der Waals surface area contributed by atoms with Crippen LogP contribution in [0.25, 0.3) is 0 Å². The third-order valence-electron chi connectivity index (χ3n) is 5.54. The second-order valence-corrected chi connectivity index (χ2v) is 6.75. The van der Waals surface area contributed by atoms with Crippen molar-refractivity contribution in [2.45, 2.75) is 45.1 Å². The van der Waals surface area contributed by atoms with Crippen molar-refractivity contribution in [2.75, 3.05) is 14.2 Å². The quantitative estimate of drug-likeness (QED) is 0.894. The zero-order valence-corrected chi connectivity index (χ0v) is 13.3. The molecule has 0 aliphatic heterocycles. The smallest absolute Gasteiger partial charge is 0.161 e. The van der Waals surface area contributed by atoms with Crippen LogP contribution < -0.4 is 9.47 Å². The zero-order chi connectivity index (χ0) is 15.0. The van der Waals surface area contributed by atoms with E-state index in [9.17, 15) is 5.11 Å². The van der Waals surface area contributed by atoms with Gasteiger partial charge in [0.25, 0.3) is 0 Å². The molecule has 0 saturated heterocycles. The van der Waals surface area contributed by atoms with E-state index in [0.717, 1.165) is 35.1 Å². The van der Waals surface area contributed by atoms with Crippen LogP contribution in [0.4, 0.5) is 0 Å². The molecule has 0 heterocycles. The van der Waals surface area contributed by atoms with Crippen molar-refractivity contribution in [3.05, 3.63) is 23.3 Å². The first-order valence-electron chi connectivity index (χ1n) is 8.03. The summed E-state index contributed by atoms with van der Waals surface area (Å²) in [6, 6.07) is 3.89. The van der Waals surface area contributed by atoms with Gasteiger partial charge in [-0.2, -0.15) is 0 Å². The van der Waals surface area contributed by atoms with E-state index in [1.807, 2.05) is 19.1 Å². The highest BCUT2D eigenvalue weighted by molar-refractivity contribution is 5.47. The molecule has 0 spiro atoms. The van der Waals surface area contributed by atoms with E-state index in [-0.39, 0.29) is 0 Å². The number of aliphatic hydroxyl groups is 1. The molecule has 21 heavy (non-hydrogen) atoms. The Bertz CT molecular complexity index is 511. The summed E-state index contributed by atoms with van der Waals surface area (Å²) in [7, 11) is 3.28. The molecule has 4 atom stereocenters. The highest BCUT2D eigenvalue weighted by Gasteiger charge is 2.40. The average molecular weight is 290 g/mol. The molecule has 0 radical (unpaired) electrons. The number of hydrogen-bond donors (Lipinski definition) is 1. The van der Waals surface area contributed by atoms with Crippen LogP contribution in [0.15, 0.2) is 12.1 Å². The standard InChI is InChI=1S/C18H26O3/c1-11-6-17(20-2)18(21-3)10-15(11)16(19)9-14-8-12-4-5-13(14)7-12/h6,10,12-14,16,19H,4-5,7-9H2,1-3H3. The summed E-state index contributed by atoms with van der Waals surface area (Å²) in [5.74, 6) is 3.91. The number of aryl methyl sites for hydroxylation is 1. The average Bonchev–Trinajstić information content (AvgIpc) is 3.09. The van der Waals surface area contributed by atoms with Crippen molar-refractivity contribution in [3.63, 3.8) is 0 Å². The van der Waals surface area contributed by atoms with Crippen molar-refractivity contribution in [2.24, 2.45) is 17.8 Å². The van der Waals surface area contributed by atoms with E-state index in [4.69, 9.17) is 9.47 Å². The molecule has 3 nitrogen and oxygen atoms in total. The summed E-state index contributed by atoms with van der Waals surface area (Å²) in [5, 5.41) is 10.7. The Balaban J connectivity index is 1.76. The molecule has 2 bridgehead atoms. The maximum Gasteiger partial charge on any atom is 0.161 e. The number of ether oxygens (including phenoxy) is 2. The van der Waals surface area contributed by atoms with Gasteiger partial charge in [0.05, 0.1) is 20.3 Å². The number of fused-ring (bicyclic) bond motifs is 2. The summed E-state index contributed by atoms with van der Waals surface area (Å²) in [5.41, 5.74) is 2.05. The predicted molar refractivity (Wildman–Crippen MR) is 82.8 cm³/mol. The molecular weight excluding hydrogens is 264 g/mol. The fraction of sp³-hybridized carbons (Fsp3) is 0.667. The molecule has 2 aliphatic carbocycles. The SMILES string of the molecule is COc1cc(C)c(C(O)CC2CC3CCC2C3)cc1OC. The van der Waals surface area contributed by atoms with Crippen LogP contribution in [0, 0.1) is 24.7 Å². The number of benzene rings is 1. The van der Waals surface area contributed by atoms with Gasteiger partial charge in [0.1, 0.15) is 0 Å². The lowest BCUT2D eigenvalue weighted by Crippen LogP contribution is -2.15. The van der Waals surface area contributed by atoms with Gasteiger partial charge in [-0.05, 0) is 73.6 Å². The molecule has 2 saturated carbocycles. The van der Waals surface area contributed by atoms with E-state index < -0.39 is 6.10 Å². The van der Waals surface area contributed by atoms with Gasteiger partial charge in [-0.15, -0.1) is 0 Å². The minimum atomic E-state index is -0.394. The van der Waals surface area contributed by atoms with Crippen LogP contribution in [0.5, 0.6) is 11.5 Å². The highest BCUT2D eigenvalue weighted by atomic mass is 16.5. The molecule has 0 aromatic heterocycles. The van der Waals surface area contributed by atoms with Crippen molar-refractivity contribution in [3.8, 4) is 11.5 Å². The Morgan fingerprint density at radius 1 is 1.14 bits per heavy atom. The number of rotatable bonds is 5. The van der Waals surface area contributed by atoms with Crippen molar-refractivity contribution < 1.29 is 14.6 Å². The third-order valence-corrected chi connectivity index (χ3v) is 5.54. The van der Waals surface area contributed by atoms with Gasteiger partial charge in [0, 0.05) is 0 Å². The Hall–Kier alpha value is -1.22. The maximum absolute atomic E-state index is 10.7. The zero-order valence-electron chi connectivity index (χ0n) is 13.3. The second-order valence-electron chi connectivity index (χ2n) is 6.75. The van der Waals surface area contributed by atoms with E-state index in [2.05, 4.69) is 0 Å². The summed E-state index contributed by atoms with van der Waals surface area (Å²) in [6.45, 7) is 2.03. The topological polar surface area (TPSA) is 38.7 Å². The van der Waals surface area contributed by atoms with Crippen LogP contribution in [-0.2, 0) is 0 Å². The minimum absolute atomic E-state index is 0.394. The molecule has 1 aromatic carbocycles. The first-order chi connectivity index (χ1) is 10.1. The van der Waals surface area contributed by atoms with Crippen LogP contribution in [0.1, 0.15) is 49.3 Å². The lowest BCUT2D eigenvalue weighted by molar-refractivity contribution is 0.124. The summed E-state index contributed by atoms with van der Waals surface area (Å²) >= 11 is 0. The molecule has 3 rings (SSSR count). The van der Waals surface area contributed by atoms with Gasteiger partial charge < -0.3 is 14.6 Å². The summed E-state index contributed by atoms with van der Waals surface area (Å²) in [6.07, 6.45) is 5.97. The van der Waals surface area contributed by atoms with Crippen LogP contribution in [0.2, 0.25) is 0 Å². The van der Waals surface area contributed by atoms with Crippen LogP contribution >= 0.6 is 0 Å². The predicted octanol–water partition coefficient (Wildman–Crippen LogP) is 3.87. The normalized spacial score (nSPS) is 28.7. The molecular formula is C18H26O3. The number of aliphatic hydroxyl groups excluding tert-OH is 1. The number of hydrogen-bond acceptors (Lipinski definition) is 3. The second kappa shape index (κ2) is 5.88. The molecule has 3 heteroatoms. The van der Waals surface area contributed by atoms with Crippen molar-refractivity contribution in [1.82, 2.24) is 0 Å². The first-order valence-corrected chi connectivity index (χ1v) is 8.03. The maximum atomic E-state index is 10.7. The summed E-state index contributed by atoms with van der Waals surface area (Å²) in [4.78, 5) is 0. The summed E-state index contributed by atoms with van der Waals surface area (Å²) < 4.78 is 10.7. The minimum Gasteiger partial charge on any atom is -0.493 e. The first kappa shape index (κ1) is 14.7. The van der Waals surface area contributed by atoms with Crippen LogP contribution in [-0.4, -0.2) is 19.3 Å². The van der Waals surface area contributed by atoms with Gasteiger partial charge in [0.2, 0.25) is 0 Å². The third kappa shape index (κ3) is 2.76. The highest BCUT2D eigenvalue weighted by Crippen LogP contribution is 2.51. The Morgan fingerprint density at radius 3 is 2.43 bits per heavy atom. The van der Waals surface area contributed by atoms with E-state index in [1.54, 1.807) is 14.2 Å². The molecule has 4 unspecified atom stereocenters. The molecule has 1 aromatic rings. The fourth-order valence-electron chi connectivity index (χ4n) is 4.43. The van der Waals surface area contributed by atoms with Gasteiger partial charge in [-0.1, -0.05) is 6.42 Å². The molecule has 2 aliphatic rings. The largest absolute Gasteiger partial charge is 0.493 e. The van der Waals surface area contributed by atoms with Gasteiger partial charge in [0.15, 0.2) is 11.5 Å². The van der Waals surface area contributed by atoms with Gasteiger partial charge in [-0.3, -0.25) is 0 Å². The van der Waals surface area contributed by atoms with E-state index in [0.29, 0.717) is 11.7 Å².